The molecule has 0 saturated carbocycles. The molecule has 5 rings (SSSR count). The third-order valence-corrected chi connectivity index (χ3v) is 8.22. The summed E-state index contributed by atoms with van der Waals surface area (Å²) in [5, 5.41) is 5.83. The number of anilines is 4. The Balaban J connectivity index is 1.30. The first-order valence-electron chi connectivity index (χ1n) is 14.4. The molecule has 2 N–H and O–H groups in total. The van der Waals surface area contributed by atoms with E-state index >= 15 is 0 Å². The Morgan fingerprint density at radius 3 is 2.65 bits per heavy atom. The third-order valence-electron chi connectivity index (χ3n) is 8.22. The highest BCUT2D eigenvalue weighted by atomic mass is 19.4. The van der Waals surface area contributed by atoms with Crippen LogP contribution in [0.2, 0.25) is 0 Å². The van der Waals surface area contributed by atoms with Gasteiger partial charge in [-0.25, -0.2) is 9.97 Å². The number of aryl methyl sites for hydroxylation is 2. The lowest BCUT2D eigenvalue weighted by atomic mass is 9.98. The number of hydrogen-bond donors (Lipinski definition) is 2. The number of hydrogen-bond acceptors (Lipinski definition) is 8. The smallest absolute Gasteiger partial charge is 0.419 e. The first kappa shape index (κ1) is 30.6. The minimum Gasteiger partial charge on any atom is -0.494 e. The van der Waals surface area contributed by atoms with Crippen LogP contribution in [0.3, 0.4) is 0 Å². The highest BCUT2D eigenvalue weighted by Gasteiger charge is 2.35. The molecule has 1 saturated heterocycles. The van der Waals surface area contributed by atoms with Gasteiger partial charge in [0.15, 0.2) is 0 Å². The van der Waals surface area contributed by atoms with E-state index in [1.807, 2.05) is 24.3 Å². The van der Waals surface area contributed by atoms with Crippen LogP contribution in [-0.4, -0.2) is 74.3 Å². The predicted octanol–water partition coefficient (Wildman–Crippen LogP) is 5.07. The molecule has 1 aromatic heterocycles. The molecule has 9 nitrogen and oxygen atoms in total. The Morgan fingerprint density at radius 2 is 1.93 bits per heavy atom. The fourth-order valence-corrected chi connectivity index (χ4v) is 5.79. The van der Waals surface area contributed by atoms with E-state index in [4.69, 9.17) is 9.47 Å². The Hall–Kier alpha value is -3.90. The molecule has 43 heavy (non-hydrogen) atoms. The lowest BCUT2D eigenvalue weighted by Crippen LogP contribution is -2.44. The van der Waals surface area contributed by atoms with Crippen LogP contribution in [0.15, 0.2) is 42.6 Å². The van der Waals surface area contributed by atoms with E-state index in [2.05, 4.69) is 37.4 Å². The van der Waals surface area contributed by atoms with E-state index in [1.54, 1.807) is 26.4 Å². The molecular weight excluding hydrogens is 561 g/mol. The van der Waals surface area contributed by atoms with E-state index in [0.29, 0.717) is 36.2 Å². The van der Waals surface area contributed by atoms with Gasteiger partial charge in [0.1, 0.15) is 5.75 Å². The molecule has 230 valence electrons. The maximum atomic E-state index is 13.9. The number of carbonyl (C=O) groups is 1. The summed E-state index contributed by atoms with van der Waals surface area (Å²) >= 11 is 0. The van der Waals surface area contributed by atoms with Crippen molar-refractivity contribution in [2.24, 2.45) is 0 Å². The van der Waals surface area contributed by atoms with Crippen molar-refractivity contribution in [1.29, 1.82) is 0 Å². The monoisotopic (exact) mass is 598 g/mol. The highest BCUT2D eigenvalue weighted by Crippen LogP contribution is 2.35. The van der Waals surface area contributed by atoms with Crippen LogP contribution in [0.5, 0.6) is 5.75 Å². The summed E-state index contributed by atoms with van der Waals surface area (Å²) in [6, 6.07) is 11.6. The summed E-state index contributed by atoms with van der Waals surface area (Å²) in [7, 11) is 5.40. The zero-order valence-corrected chi connectivity index (χ0v) is 24.6. The molecule has 2 aliphatic heterocycles. The topological polar surface area (TPSA) is 91.9 Å². The second-order valence-corrected chi connectivity index (χ2v) is 10.9. The zero-order chi connectivity index (χ0) is 30.6. The molecule has 3 heterocycles. The van der Waals surface area contributed by atoms with Gasteiger partial charge in [-0.2, -0.15) is 13.2 Å². The second kappa shape index (κ2) is 13.2. The van der Waals surface area contributed by atoms with Crippen molar-refractivity contribution in [3.8, 4) is 5.75 Å². The molecule has 0 atom stereocenters. The van der Waals surface area contributed by atoms with Crippen molar-refractivity contribution in [2.45, 2.75) is 44.3 Å². The molecule has 2 aliphatic rings. The zero-order valence-electron chi connectivity index (χ0n) is 24.6. The summed E-state index contributed by atoms with van der Waals surface area (Å²) in [5.41, 5.74) is 2.92. The first-order chi connectivity index (χ1) is 20.7. The van der Waals surface area contributed by atoms with Crippen LogP contribution in [0, 0.1) is 0 Å². The number of methoxy groups -OCH3 is 2. The molecule has 0 unspecified atom stereocenters. The molecule has 0 radical (unpaired) electrons. The van der Waals surface area contributed by atoms with E-state index in [9.17, 15) is 18.0 Å². The van der Waals surface area contributed by atoms with E-state index in [0.717, 1.165) is 55.5 Å². The number of ether oxygens (including phenoxy) is 2. The number of likely N-dealkylation sites (N-methyl/N-ethyl adjacent to an activating group) is 1. The van der Waals surface area contributed by atoms with Crippen molar-refractivity contribution in [1.82, 2.24) is 14.9 Å². The Labute approximate surface area is 249 Å². The summed E-state index contributed by atoms with van der Waals surface area (Å²) in [6.07, 6.45) is -1.17. The number of nitrogens with one attached hydrogen (secondary N) is 2. The minimum atomic E-state index is -4.60. The van der Waals surface area contributed by atoms with Gasteiger partial charge >= 0.3 is 6.18 Å². The number of alkyl halides is 3. The van der Waals surface area contributed by atoms with Gasteiger partial charge in [0, 0.05) is 56.4 Å². The number of nitrogens with zero attached hydrogens (tertiary/aromatic N) is 4. The van der Waals surface area contributed by atoms with Crippen molar-refractivity contribution in [2.75, 3.05) is 63.0 Å². The van der Waals surface area contributed by atoms with Crippen LogP contribution < -0.4 is 20.3 Å². The normalized spacial score (nSPS) is 15.5. The van der Waals surface area contributed by atoms with Crippen LogP contribution in [0.25, 0.3) is 0 Å². The second-order valence-electron chi connectivity index (χ2n) is 10.9. The molecule has 1 fully saturated rings. The van der Waals surface area contributed by atoms with Gasteiger partial charge in [-0.05, 0) is 62.1 Å². The van der Waals surface area contributed by atoms with Gasteiger partial charge in [-0.3, -0.25) is 4.79 Å². The molecule has 0 spiro atoms. The largest absolute Gasteiger partial charge is 0.494 e. The minimum absolute atomic E-state index is 0.0311. The maximum Gasteiger partial charge on any atom is 0.419 e. The number of amides is 1. The van der Waals surface area contributed by atoms with Crippen molar-refractivity contribution in [3.05, 3.63) is 65.0 Å². The number of halogens is 3. The molecule has 1 amide bonds. The quantitative estimate of drug-likeness (QED) is 0.316. The van der Waals surface area contributed by atoms with Gasteiger partial charge in [0.25, 0.3) is 0 Å². The SMILES string of the molecule is COCCN(C)C1CCN(c2ccc(Nc3ncc(C(F)(F)F)c(CCc4cccc5c4CC(=O)N5)n3)c(OC)c2)CC1. The van der Waals surface area contributed by atoms with Gasteiger partial charge in [-0.1, -0.05) is 12.1 Å². The maximum absolute atomic E-state index is 13.9. The Kier molecular flexibility index (Phi) is 9.36. The molecule has 0 bridgehead atoms. The molecule has 12 heteroatoms. The van der Waals surface area contributed by atoms with Crippen molar-refractivity contribution < 1.29 is 27.4 Å². The Morgan fingerprint density at radius 1 is 1.14 bits per heavy atom. The van der Waals surface area contributed by atoms with Gasteiger partial charge in [0.2, 0.25) is 11.9 Å². The number of benzene rings is 2. The van der Waals surface area contributed by atoms with E-state index in [1.165, 1.54) is 0 Å². The van der Waals surface area contributed by atoms with E-state index in [-0.39, 0.29) is 30.4 Å². The van der Waals surface area contributed by atoms with Crippen LogP contribution in [0.1, 0.15) is 35.2 Å². The molecule has 3 aromatic rings. The predicted molar refractivity (Wildman–Crippen MR) is 159 cm³/mol. The van der Waals surface area contributed by atoms with Crippen molar-refractivity contribution >= 4 is 28.9 Å². The summed E-state index contributed by atoms with van der Waals surface area (Å²) in [6.45, 7) is 3.41. The molecule has 2 aromatic carbocycles. The molecule has 0 aliphatic carbocycles. The van der Waals surface area contributed by atoms with Crippen molar-refractivity contribution in [3.63, 3.8) is 0 Å². The van der Waals surface area contributed by atoms with Gasteiger partial charge < -0.3 is 29.9 Å². The first-order valence-corrected chi connectivity index (χ1v) is 14.4. The number of aromatic nitrogens is 2. The molecular formula is C31H37F3N6O3. The average Bonchev–Trinajstić information content (AvgIpc) is 3.39. The standard InChI is InChI=1S/C31H37F3N6O3/c1-39(15-16-42-2)21-11-13-40(14-12-21)22-8-10-27(28(17-22)43-3)38-30-35-19-24(31(32,33)34)26(37-30)9-7-20-5-4-6-25-23(20)18-29(41)36-25/h4-6,8,10,17,19,21H,7,9,11-16,18H2,1-3H3,(H,36,41)(H,35,37,38). The van der Waals surface area contributed by atoms with Crippen LogP contribution in [-0.2, 0) is 35.0 Å². The third kappa shape index (κ3) is 7.19. The van der Waals surface area contributed by atoms with E-state index < -0.39 is 11.7 Å². The lowest BCUT2D eigenvalue weighted by Gasteiger charge is -2.38. The van der Waals surface area contributed by atoms with Gasteiger partial charge in [0.05, 0.1) is 37.1 Å². The fraction of sp³-hybridized carbons (Fsp3) is 0.452. The number of rotatable bonds is 11. The Bertz CT molecular complexity index is 1440. The van der Waals surface area contributed by atoms with Crippen LogP contribution >= 0.6 is 0 Å². The number of fused-ring (bicyclic) bond motifs is 1. The summed E-state index contributed by atoms with van der Waals surface area (Å²) in [5.74, 6) is 0.463. The fourth-order valence-electron chi connectivity index (χ4n) is 5.79. The van der Waals surface area contributed by atoms with Crippen LogP contribution in [0.4, 0.5) is 36.2 Å². The number of carbonyl (C=O) groups excluding carboxylic acids is 1. The highest BCUT2D eigenvalue weighted by molar-refractivity contribution is 5.99. The summed E-state index contributed by atoms with van der Waals surface area (Å²) in [4.78, 5) is 24.8. The number of piperidine rings is 1. The van der Waals surface area contributed by atoms with Gasteiger partial charge in [-0.15, -0.1) is 0 Å². The average molecular weight is 599 g/mol. The summed E-state index contributed by atoms with van der Waals surface area (Å²) < 4.78 is 52.5. The lowest BCUT2D eigenvalue weighted by molar-refractivity contribution is -0.138.